The third-order valence-corrected chi connectivity index (χ3v) is 6.71. The Morgan fingerprint density at radius 3 is 2.08 bits per heavy atom. The van der Waals surface area contributed by atoms with Crippen molar-refractivity contribution in [1.82, 2.24) is 0 Å². The van der Waals surface area contributed by atoms with Gasteiger partial charge in [0.1, 0.15) is 28.6 Å². The van der Waals surface area contributed by atoms with E-state index in [2.05, 4.69) is 10.6 Å². The van der Waals surface area contributed by atoms with Crippen molar-refractivity contribution in [2.24, 2.45) is 0 Å². The maximum absolute atomic E-state index is 13.1. The number of amides is 2. The lowest BCUT2D eigenvalue weighted by molar-refractivity contribution is -0.115. The summed E-state index contributed by atoms with van der Waals surface area (Å²) in [5.41, 5.74) is 1.42. The summed E-state index contributed by atoms with van der Waals surface area (Å²) in [5, 5.41) is 5.46. The van der Waals surface area contributed by atoms with E-state index in [1.807, 2.05) is 25.1 Å². The van der Waals surface area contributed by atoms with Crippen LogP contribution in [0, 0.1) is 0 Å². The predicted molar refractivity (Wildman–Crippen MR) is 142 cm³/mol. The zero-order valence-electron chi connectivity index (χ0n) is 20.9. The van der Waals surface area contributed by atoms with Crippen molar-refractivity contribution in [1.29, 1.82) is 0 Å². The number of anilines is 2. The smallest absolute Gasteiger partial charge is 0.263 e. The number of methoxy groups -OCH3 is 4. The number of rotatable bonds is 11. The third kappa shape index (κ3) is 6.42. The molecule has 0 spiro atoms. The molecular weight excluding hydrogens is 480 g/mol. The van der Waals surface area contributed by atoms with Gasteiger partial charge in [0.15, 0.2) is 0 Å². The van der Waals surface area contributed by atoms with Crippen molar-refractivity contribution < 1.29 is 28.5 Å². The van der Waals surface area contributed by atoms with Crippen molar-refractivity contribution in [2.75, 3.05) is 39.1 Å². The Bertz CT molecular complexity index is 1190. The van der Waals surface area contributed by atoms with Gasteiger partial charge in [-0.2, -0.15) is 0 Å². The highest BCUT2D eigenvalue weighted by Crippen LogP contribution is 2.33. The summed E-state index contributed by atoms with van der Waals surface area (Å²) in [6.07, 6.45) is 0.595. The van der Waals surface area contributed by atoms with Gasteiger partial charge >= 0.3 is 0 Å². The van der Waals surface area contributed by atoms with Crippen LogP contribution in [0.2, 0.25) is 0 Å². The number of hydrogen-bond donors (Lipinski definition) is 2. The summed E-state index contributed by atoms with van der Waals surface area (Å²) in [4.78, 5) is 26.9. The quantitative estimate of drug-likeness (QED) is 0.330. The van der Waals surface area contributed by atoms with E-state index >= 15 is 0 Å². The molecule has 3 rings (SSSR count). The molecule has 9 heteroatoms. The van der Waals surface area contributed by atoms with Crippen LogP contribution < -0.4 is 29.6 Å². The van der Waals surface area contributed by atoms with Gasteiger partial charge in [-0.3, -0.25) is 9.59 Å². The maximum atomic E-state index is 13.1. The van der Waals surface area contributed by atoms with Crippen molar-refractivity contribution >= 4 is 35.0 Å². The number of benzene rings is 3. The first-order valence-corrected chi connectivity index (χ1v) is 12.1. The molecule has 0 bridgehead atoms. The van der Waals surface area contributed by atoms with Gasteiger partial charge in [-0.15, -0.1) is 11.8 Å². The van der Waals surface area contributed by atoms with Gasteiger partial charge in [0.2, 0.25) is 5.91 Å². The molecule has 2 amide bonds. The minimum Gasteiger partial charge on any atom is -0.497 e. The number of thioether (sulfide) groups is 1. The van der Waals surface area contributed by atoms with E-state index in [1.54, 1.807) is 56.7 Å². The first kappa shape index (κ1) is 26.7. The highest BCUT2D eigenvalue weighted by molar-refractivity contribution is 8.00. The average Bonchev–Trinajstić information content (AvgIpc) is 2.91. The summed E-state index contributed by atoms with van der Waals surface area (Å²) >= 11 is 1.41. The van der Waals surface area contributed by atoms with Crippen LogP contribution in [0.3, 0.4) is 0 Å². The molecule has 190 valence electrons. The normalized spacial score (nSPS) is 11.2. The molecule has 0 saturated carbocycles. The molecule has 0 aliphatic heterocycles. The molecule has 1 atom stereocenters. The van der Waals surface area contributed by atoms with Crippen LogP contribution in [0.4, 0.5) is 11.4 Å². The molecule has 2 N–H and O–H groups in total. The second kappa shape index (κ2) is 12.7. The van der Waals surface area contributed by atoms with Crippen LogP contribution in [0.1, 0.15) is 23.7 Å². The first-order chi connectivity index (χ1) is 17.4. The molecule has 3 aromatic rings. The lowest BCUT2D eigenvalue weighted by atomic mass is 10.1. The highest BCUT2D eigenvalue weighted by atomic mass is 32.2. The zero-order chi connectivity index (χ0) is 26.1. The fraction of sp³-hybridized carbons (Fsp3) is 0.259. The molecule has 36 heavy (non-hydrogen) atoms. The minimum atomic E-state index is -0.374. The van der Waals surface area contributed by atoms with Crippen LogP contribution in [-0.4, -0.2) is 45.5 Å². The third-order valence-electron chi connectivity index (χ3n) is 5.35. The van der Waals surface area contributed by atoms with Gasteiger partial charge in [-0.05, 0) is 48.9 Å². The molecule has 0 aliphatic carbocycles. The Kier molecular flexibility index (Phi) is 9.46. The number of carbonyl (C=O) groups excluding carboxylic acids is 2. The Morgan fingerprint density at radius 2 is 1.47 bits per heavy atom. The molecule has 0 aliphatic rings. The van der Waals surface area contributed by atoms with E-state index in [-0.39, 0.29) is 17.1 Å². The molecule has 1 unspecified atom stereocenters. The van der Waals surface area contributed by atoms with Crippen molar-refractivity contribution in [3.8, 4) is 23.0 Å². The summed E-state index contributed by atoms with van der Waals surface area (Å²) in [5.74, 6) is 1.45. The van der Waals surface area contributed by atoms with Crippen LogP contribution in [0.5, 0.6) is 23.0 Å². The monoisotopic (exact) mass is 510 g/mol. The van der Waals surface area contributed by atoms with Gasteiger partial charge < -0.3 is 29.6 Å². The van der Waals surface area contributed by atoms with E-state index in [1.165, 1.54) is 26.0 Å². The van der Waals surface area contributed by atoms with E-state index in [4.69, 9.17) is 18.9 Å². The topological polar surface area (TPSA) is 95.1 Å². The molecule has 0 radical (unpaired) electrons. The number of carbonyl (C=O) groups is 2. The second-order valence-electron chi connectivity index (χ2n) is 7.59. The number of hydrogen-bond acceptors (Lipinski definition) is 7. The summed E-state index contributed by atoms with van der Waals surface area (Å²) < 4.78 is 21.3. The maximum Gasteiger partial charge on any atom is 0.263 e. The van der Waals surface area contributed by atoms with Gasteiger partial charge in [0.25, 0.3) is 5.91 Å². The largest absolute Gasteiger partial charge is 0.497 e. The van der Waals surface area contributed by atoms with Gasteiger partial charge in [-0.1, -0.05) is 19.1 Å². The fourth-order valence-corrected chi connectivity index (χ4v) is 4.54. The summed E-state index contributed by atoms with van der Waals surface area (Å²) in [7, 11) is 6.11. The summed E-state index contributed by atoms with van der Waals surface area (Å²) in [6.45, 7) is 1.94. The van der Waals surface area contributed by atoms with E-state index in [0.29, 0.717) is 46.4 Å². The van der Waals surface area contributed by atoms with Crippen molar-refractivity contribution in [3.05, 3.63) is 66.2 Å². The van der Waals surface area contributed by atoms with Crippen LogP contribution in [0.15, 0.2) is 65.6 Å². The highest BCUT2D eigenvalue weighted by Gasteiger charge is 2.21. The molecule has 0 saturated heterocycles. The van der Waals surface area contributed by atoms with Crippen LogP contribution in [0.25, 0.3) is 0 Å². The van der Waals surface area contributed by atoms with E-state index < -0.39 is 0 Å². The SMILES string of the molecule is CCC(Sc1cccc(NC(=O)c2c(OC)cccc2OC)c1)C(=O)Nc1cc(OC)ccc1OC. The van der Waals surface area contributed by atoms with Crippen LogP contribution in [-0.2, 0) is 4.79 Å². The lowest BCUT2D eigenvalue weighted by Gasteiger charge is -2.17. The molecule has 8 nitrogen and oxygen atoms in total. The minimum absolute atomic E-state index is 0.165. The fourth-order valence-electron chi connectivity index (χ4n) is 3.53. The molecule has 3 aromatic carbocycles. The van der Waals surface area contributed by atoms with Crippen molar-refractivity contribution in [3.63, 3.8) is 0 Å². The molecule has 0 fully saturated rings. The number of ether oxygens (including phenoxy) is 4. The zero-order valence-corrected chi connectivity index (χ0v) is 21.7. The molecule has 0 aromatic heterocycles. The summed E-state index contributed by atoms with van der Waals surface area (Å²) in [6, 6.07) is 17.7. The standard InChI is InChI=1S/C27H30N2O6S/c1-6-24(26(30)29-20-16-18(32-2)13-14-21(20)33-3)36-19-10-7-9-17(15-19)28-27(31)25-22(34-4)11-8-12-23(25)35-5/h7-16,24H,6H2,1-5H3,(H,28,31)(H,29,30). The number of nitrogens with one attached hydrogen (secondary N) is 2. The molecule has 0 heterocycles. The Hall–Kier alpha value is -3.85. The first-order valence-electron chi connectivity index (χ1n) is 11.3. The van der Waals surface area contributed by atoms with Gasteiger partial charge in [0.05, 0.1) is 39.4 Å². The Morgan fingerprint density at radius 1 is 0.806 bits per heavy atom. The van der Waals surface area contributed by atoms with Gasteiger partial charge in [-0.25, -0.2) is 0 Å². The second-order valence-corrected chi connectivity index (χ2v) is 8.87. The Balaban J connectivity index is 1.75. The van der Waals surface area contributed by atoms with Gasteiger partial charge in [0, 0.05) is 16.6 Å². The lowest BCUT2D eigenvalue weighted by Crippen LogP contribution is -2.24. The van der Waals surface area contributed by atoms with E-state index in [9.17, 15) is 9.59 Å². The van der Waals surface area contributed by atoms with Crippen molar-refractivity contribution in [2.45, 2.75) is 23.5 Å². The molecular formula is C27H30N2O6S. The average molecular weight is 511 g/mol. The predicted octanol–water partition coefficient (Wildman–Crippen LogP) is 5.48. The van der Waals surface area contributed by atoms with E-state index in [0.717, 1.165) is 4.90 Å². The van der Waals surface area contributed by atoms with Crippen LogP contribution >= 0.6 is 11.8 Å². The Labute approximate surface area is 215 Å².